The number of rotatable bonds is 2. The van der Waals surface area contributed by atoms with Gasteiger partial charge in [0.15, 0.2) is 0 Å². The molecule has 0 bridgehead atoms. The molecule has 0 spiro atoms. The number of halogens is 3. The van der Waals surface area contributed by atoms with E-state index >= 15 is 0 Å². The molecule has 0 aliphatic rings. The first-order chi connectivity index (χ1) is 10.3. The van der Waals surface area contributed by atoms with E-state index in [1.807, 2.05) is 0 Å². The highest BCUT2D eigenvalue weighted by Crippen LogP contribution is 2.33. The van der Waals surface area contributed by atoms with Crippen molar-refractivity contribution < 1.29 is 25.8 Å². The highest BCUT2D eigenvalue weighted by molar-refractivity contribution is 7.88. The zero-order chi connectivity index (χ0) is 16.0. The van der Waals surface area contributed by atoms with Crippen LogP contribution in [-0.2, 0) is 10.1 Å². The fraction of sp³-hybridized carbons (Fsp3) is 0.0769. The molecular weight excluding hydrogens is 321 g/mol. The van der Waals surface area contributed by atoms with Gasteiger partial charge in [0.25, 0.3) is 0 Å². The van der Waals surface area contributed by atoms with Gasteiger partial charge in [0.1, 0.15) is 0 Å². The molecule has 5 nitrogen and oxygen atoms in total. The van der Waals surface area contributed by atoms with E-state index in [-0.39, 0.29) is 5.39 Å². The SMILES string of the molecule is O=S(=O)(Oc1nc2ccccc2c2ccncc12)C(F)(F)F. The van der Waals surface area contributed by atoms with E-state index in [4.69, 9.17) is 0 Å². The molecule has 3 aromatic rings. The molecular formula is C13H7F3N2O3S. The lowest BCUT2D eigenvalue weighted by Crippen LogP contribution is -2.28. The van der Waals surface area contributed by atoms with Crippen molar-refractivity contribution in [1.29, 1.82) is 0 Å². The maximum Gasteiger partial charge on any atom is 0.534 e. The molecule has 114 valence electrons. The van der Waals surface area contributed by atoms with Gasteiger partial charge in [-0.2, -0.15) is 21.6 Å². The second-order valence-corrected chi connectivity index (χ2v) is 5.88. The average Bonchev–Trinajstić information content (AvgIpc) is 2.46. The number of fused-ring (bicyclic) bond motifs is 3. The Balaban J connectivity index is 2.29. The Kier molecular flexibility index (Phi) is 3.17. The standard InChI is InChI=1S/C13H7F3N2O3S/c14-13(15,16)22(19,20)21-12-10-7-17-6-5-8(10)9-3-1-2-4-11(9)18-12/h1-7H. The third-order valence-electron chi connectivity index (χ3n) is 2.94. The second kappa shape index (κ2) is 4.80. The summed E-state index contributed by atoms with van der Waals surface area (Å²) < 4.78 is 64.0. The molecule has 3 rings (SSSR count). The van der Waals surface area contributed by atoms with Gasteiger partial charge in [-0.1, -0.05) is 18.2 Å². The third kappa shape index (κ3) is 2.33. The molecule has 1 aromatic carbocycles. The lowest BCUT2D eigenvalue weighted by Gasteiger charge is -2.11. The minimum absolute atomic E-state index is 0.0778. The van der Waals surface area contributed by atoms with Gasteiger partial charge < -0.3 is 4.18 Å². The summed E-state index contributed by atoms with van der Waals surface area (Å²) in [7, 11) is -5.80. The summed E-state index contributed by atoms with van der Waals surface area (Å²) in [5, 5.41) is 1.22. The molecule has 2 aromatic heterocycles. The lowest BCUT2D eigenvalue weighted by atomic mass is 10.1. The van der Waals surface area contributed by atoms with Crippen LogP contribution in [0, 0.1) is 0 Å². The van der Waals surface area contributed by atoms with E-state index in [1.165, 1.54) is 12.4 Å². The fourth-order valence-electron chi connectivity index (χ4n) is 1.98. The molecule has 0 saturated heterocycles. The Morgan fingerprint density at radius 2 is 1.73 bits per heavy atom. The van der Waals surface area contributed by atoms with Crippen LogP contribution in [0.5, 0.6) is 5.88 Å². The second-order valence-electron chi connectivity index (χ2n) is 4.34. The van der Waals surface area contributed by atoms with Crippen molar-refractivity contribution in [1.82, 2.24) is 9.97 Å². The van der Waals surface area contributed by atoms with E-state index < -0.39 is 21.5 Å². The van der Waals surface area contributed by atoms with Crippen LogP contribution in [0.25, 0.3) is 21.7 Å². The quantitative estimate of drug-likeness (QED) is 0.411. The summed E-state index contributed by atoms with van der Waals surface area (Å²) >= 11 is 0. The number of hydrogen-bond donors (Lipinski definition) is 0. The largest absolute Gasteiger partial charge is 0.534 e. The van der Waals surface area contributed by atoms with Crippen LogP contribution in [0.1, 0.15) is 0 Å². The van der Waals surface area contributed by atoms with Crippen molar-refractivity contribution in [2.75, 3.05) is 0 Å². The summed E-state index contributed by atoms with van der Waals surface area (Å²) in [4.78, 5) is 7.64. The maximum absolute atomic E-state index is 12.5. The minimum atomic E-state index is -5.80. The first-order valence-electron chi connectivity index (χ1n) is 5.93. The van der Waals surface area contributed by atoms with Gasteiger partial charge in [0, 0.05) is 17.8 Å². The van der Waals surface area contributed by atoms with Crippen LogP contribution in [0.15, 0.2) is 42.7 Å². The van der Waals surface area contributed by atoms with Crippen LogP contribution >= 0.6 is 0 Å². The highest BCUT2D eigenvalue weighted by atomic mass is 32.2. The van der Waals surface area contributed by atoms with Gasteiger partial charge in [-0.05, 0) is 17.5 Å². The number of para-hydroxylation sites is 1. The number of pyridine rings is 2. The van der Waals surface area contributed by atoms with Crippen LogP contribution in [0.3, 0.4) is 0 Å². The van der Waals surface area contributed by atoms with Gasteiger partial charge in [-0.3, -0.25) is 4.98 Å². The Morgan fingerprint density at radius 3 is 2.45 bits per heavy atom. The predicted octanol–water partition coefficient (Wildman–Crippen LogP) is 3.01. The predicted molar refractivity (Wildman–Crippen MR) is 72.6 cm³/mol. The smallest absolute Gasteiger partial charge is 0.354 e. The zero-order valence-electron chi connectivity index (χ0n) is 10.7. The molecule has 0 aliphatic carbocycles. The van der Waals surface area contributed by atoms with Crippen molar-refractivity contribution in [3.63, 3.8) is 0 Å². The van der Waals surface area contributed by atoms with Crippen molar-refractivity contribution in [3.05, 3.63) is 42.7 Å². The van der Waals surface area contributed by atoms with Gasteiger partial charge >= 0.3 is 15.6 Å². The first-order valence-corrected chi connectivity index (χ1v) is 7.34. The zero-order valence-corrected chi connectivity index (χ0v) is 11.5. The van der Waals surface area contributed by atoms with E-state index in [1.54, 1.807) is 30.3 Å². The molecule has 0 unspecified atom stereocenters. The minimum Gasteiger partial charge on any atom is -0.354 e. The Morgan fingerprint density at radius 1 is 1.00 bits per heavy atom. The molecule has 9 heteroatoms. The summed E-state index contributed by atoms with van der Waals surface area (Å²) in [6.07, 6.45) is 2.65. The monoisotopic (exact) mass is 328 g/mol. The Hall–Kier alpha value is -2.42. The summed E-state index contributed by atoms with van der Waals surface area (Å²) in [6, 6.07) is 8.17. The molecule has 0 amide bonds. The van der Waals surface area contributed by atoms with E-state index in [0.29, 0.717) is 16.3 Å². The van der Waals surface area contributed by atoms with Crippen molar-refractivity contribution >= 4 is 31.8 Å². The maximum atomic E-state index is 12.5. The summed E-state index contributed by atoms with van der Waals surface area (Å²) in [5.74, 6) is -0.654. The fourth-order valence-corrected chi connectivity index (χ4v) is 2.41. The van der Waals surface area contributed by atoms with Crippen LogP contribution in [-0.4, -0.2) is 23.9 Å². The van der Waals surface area contributed by atoms with Gasteiger partial charge in [0.2, 0.25) is 5.88 Å². The molecule has 0 radical (unpaired) electrons. The Labute approximate surface area is 122 Å². The van der Waals surface area contributed by atoms with Crippen molar-refractivity contribution in [2.24, 2.45) is 0 Å². The van der Waals surface area contributed by atoms with E-state index in [9.17, 15) is 21.6 Å². The van der Waals surface area contributed by atoms with Crippen molar-refractivity contribution in [3.8, 4) is 5.88 Å². The number of aromatic nitrogens is 2. The van der Waals surface area contributed by atoms with Crippen molar-refractivity contribution in [2.45, 2.75) is 5.51 Å². The molecule has 0 atom stereocenters. The van der Waals surface area contributed by atoms with Gasteiger partial charge in [0.05, 0.1) is 10.9 Å². The molecule has 22 heavy (non-hydrogen) atoms. The van der Waals surface area contributed by atoms with Gasteiger partial charge in [-0.15, -0.1) is 0 Å². The number of alkyl halides is 3. The van der Waals surface area contributed by atoms with Gasteiger partial charge in [-0.25, -0.2) is 4.98 Å². The number of benzene rings is 1. The molecule has 0 fully saturated rings. The van der Waals surface area contributed by atoms with E-state index in [2.05, 4.69) is 14.2 Å². The normalized spacial score (nSPS) is 12.7. The lowest BCUT2D eigenvalue weighted by molar-refractivity contribution is -0.0500. The highest BCUT2D eigenvalue weighted by Gasteiger charge is 2.49. The summed E-state index contributed by atoms with van der Waals surface area (Å²) in [6.45, 7) is 0. The first kappa shape index (κ1) is 14.5. The third-order valence-corrected chi connectivity index (χ3v) is 3.88. The molecule has 0 aliphatic heterocycles. The molecule has 0 N–H and O–H groups in total. The Bertz CT molecular complexity index is 971. The molecule has 0 saturated carbocycles. The van der Waals surface area contributed by atoms with Crippen LogP contribution in [0.2, 0.25) is 0 Å². The van der Waals surface area contributed by atoms with Crippen LogP contribution < -0.4 is 4.18 Å². The average molecular weight is 328 g/mol. The number of hydrogen-bond acceptors (Lipinski definition) is 5. The number of nitrogens with zero attached hydrogens (tertiary/aromatic N) is 2. The molecule has 2 heterocycles. The summed E-state index contributed by atoms with van der Waals surface area (Å²) in [5.41, 5.74) is -5.22. The van der Waals surface area contributed by atoms with Crippen LogP contribution in [0.4, 0.5) is 13.2 Å². The van der Waals surface area contributed by atoms with E-state index in [0.717, 1.165) is 0 Å². The topological polar surface area (TPSA) is 69.2 Å².